The van der Waals surface area contributed by atoms with Crippen LogP contribution >= 0.6 is 8.58 Å². The van der Waals surface area contributed by atoms with E-state index < -0.39 is 0 Å². The average Bonchev–Trinajstić information content (AvgIpc) is 2.74. The first-order valence-corrected chi connectivity index (χ1v) is 11.1. The second-order valence-corrected chi connectivity index (χ2v) is 8.24. The van der Waals surface area contributed by atoms with Crippen molar-refractivity contribution in [3.8, 4) is 17.2 Å². The zero-order chi connectivity index (χ0) is 21.2. The van der Waals surface area contributed by atoms with Crippen LogP contribution in [0.1, 0.15) is 55.5 Å². The Hall–Kier alpha value is -1.46. The maximum Gasteiger partial charge on any atom is 1.00 e. The van der Waals surface area contributed by atoms with Crippen molar-refractivity contribution in [2.24, 2.45) is 5.92 Å². The van der Waals surface area contributed by atoms with Gasteiger partial charge in [-0.25, -0.2) is 0 Å². The van der Waals surface area contributed by atoms with E-state index in [2.05, 4.69) is 13.8 Å². The molecule has 1 atom stereocenters. The van der Waals surface area contributed by atoms with Crippen molar-refractivity contribution >= 4 is 19.4 Å². The van der Waals surface area contributed by atoms with E-state index in [1.54, 1.807) is 26.4 Å². The van der Waals surface area contributed by atoms with Crippen LogP contribution in [0.5, 0.6) is 17.2 Å². The van der Waals surface area contributed by atoms with Gasteiger partial charge in [0.25, 0.3) is 0 Å². The van der Waals surface area contributed by atoms with Gasteiger partial charge < -0.3 is 27.6 Å². The summed E-state index contributed by atoms with van der Waals surface area (Å²) < 4.78 is 16.8. The second-order valence-electron chi connectivity index (χ2n) is 7.13. The van der Waals surface area contributed by atoms with Gasteiger partial charge in [-0.05, 0) is 43.5 Å². The van der Waals surface area contributed by atoms with E-state index in [1.807, 2.05) is 31.2 Å². The Kier molecular flexibility index (Phi) is 12.2. The van der Waals surface area contributed by atoms with Gasteiger partial charge in [0.1, 0.15) is 17.2 Å². The fourth-order valence-electron chi connectivity index (χ4n) is 3.18. The predicted octanol–water partition coefficient (Wildman–Crippen LogP) is 3.02. The van der Waals surface area contributed by atoms with Crippen molar-refractivity contribution in [2.45, 2.75) is 46.5 Å². The second kappa shape index (κ2) is 13.8. The number of hydrogen-bond donors (Lipinski definition) is 0. The SMILES string of the molecule is CCCCC(CC)COc1ccc([P-]C(=O)c2c(OC)cccc2OC)c(C)c1.[Li+]. The van der Waals surface area contributed by atoms with Gasteiger partial charge in [-0.1, -0.05) is 50.8 Å². The zero-order valence-corrected chi connectivity index (χ0v) is 20.1. The number of hydrogen-bond acceptors (Lipinski definition) is 4. The topological polar surface area (TPSA) is 44.8 Å². The summed E-state index contributed by atoms with van der Waals surface area (Å²) in [5, 5.41) is 0.952. The van der Waals surface area contributed by atoms with Crippen molar-refractivity contribution in [2.75, 3.05) is 20.8 Å². The van der Waals surface area contributed by atoms with Crippen LogP contribution in [0.4, 0.5) is 0 Å². The zero-order valence-electron chi connectivity index (χ0n) is 19.2. The molecule has 158 valence electrons. The molecule has 6 heteroatoms. The van der Waals surface area contributed by atoms with Crippen LogP contribution in [-0.4, -0.2) is 26.4 Å². The summed E-state index contributed by atoms with van der Waals surface area (Å²) in [4.78, 5) is 13.0. The molecule has 0 aliphatic carbocycles. The smallest absolute Gasteiger partial charge is 0.496 e. The summed E-state index contributed by atoms with van der Waals surface area (Å²) in [5.41, 5.74) is 1.45. The van der Waals surface area contributed by atoms with E-state index >= 15 is 0 Å². The van der Waals surface area contributed by atoms with Gasteiger partial charge >= 0.3 is 18.9 Å². The molecule has 0 saturated carbocycles. The quantitative estimate of drug-likeness (QED) is 0.390. The number of carbonyl (C=O) groups is 1. The van der Waals surface area contributed by atoms with Gasteiger partial charge in [0, 0.05) is 5.52 Å². The molecule has 30 heavy (non-hydrogen) atoms. The van der Waals surface area contributed by atoms with Gasteiger partial charge in [-0.3, -0.25) is 0 Å². The minimum atomic E-state index is -0.0540. The molecular formula is C24H32LiO4P. The Morgan fingerprint density at radius 2 is 1.73 bits per heavy atom. The standard InChI is InChI=1S/C24H32O4P.Li/c1-6-8-10-18(7-2)16-28-19-13-14-22(17(3)15-19)29-24(25)23-20(26-4)11-9-12-21(23)27-5;/h9,11-15,18H,6-8,10,16H2,1-5H3;/q-1;+1. The first-order valence-electron chi connectivity index (χ1n) is 10.2. The van der Waals surface area contributed by atoms with Crippen LogP contribution < -0.4 is 38.4 Å². The molecule has 2 rings (SSSR count). The van der Waals surface area contributed by atoms with Crippen LogP contribution in [0.25, 0.3) is 0 Å². The molecule has 0 aliphatic rings. The van der Waals surface area contributed by atoms with Crippen molar-refractivity contribution in [1.29, 1.82) is 0 Å². The molecule has 0 amide bonds. The van der Waals surface area contributed by atoms with E-state index in [4.69, 9.17) is 14.2 Å². The normalized spacial score (nSPS) is 11.8. The minimum Gasteiger partial charge on any atom is -0.496 e. The molecule has 2 aromatic carbocycles. The van der Waals surface area contributed by atoms with E-state index in [0.29, 0.717) is 31.6 Å². The number of benzene rings is 2. The summed E-state index contributed by atoms with van der Waals surface area (Å²) in [6.45, 7) is 7.19. The maximum absolute atomic E-state index is 13.0. The van der Waals surface area contributed by atoms with Gasteiger partial charge in [0.05, 0.1) is 26.4 Å². The van der Waals surface area contributed by atoms with Crippen LogP contribution in [0.2, 0.25) is 0 Å². The third kappa shape index (κ3) is 7.35. The molecule has 0 aliphatic heterocycles. The molecule has 0 saturated heterocycles. The number of ether oxygens (including phenoxy) is 3. The number of methoxy groups -OCH3 is 2. The summed E-state index contributed by atoms with van der Waals surface area (Å²) in [6.07, 6.45) is 4.80. The predicted molar refractivity (Wildman–Crippen MR) is 120 cm³/mol. The Morgan fingerprint density at radius 1 is 1.07 bits per heavy atom. The van der Waals surface area contributed by atoms with Crippen LogP contribution in [0.3, 0.4) is 0 Å². The Labute approximate surface area is 195 Å². The average molecular weight is 422 g/mol. The van der Waals surface area contributed by atoms with Crippen molar-refractivity contribution in [3.05, 3.63) is 47.5 Å². The van der Waals surface area contributed by atoms with Gasteiger partial charge in [-0.15, -0.1) is 0 Å². The third-order valence-electron chi connectivity index (χ3n) is 5.06. The molecule has 0 radical (unpaired) electrons. The van der Waals surface area contributed by atoms with Crippen molar-refractivity contribution in [3.63, 3.8) is 0 Å². The first kappa shape index (κ1) is 26.6. The number of aryl methyl sites for hydroxylation is 1. The fraction of sp³-hybridized carbons (Fsp3) is 0.458. The molecule has 0 spiro atoms. The van der Waals surface area contributed by atoms with Gasteiger partial charge in [-0.2, -0.15) is 5.30 Å². The molecule has 2 aromatic rings. The monoisotopic (exact) mass is 422 g/mol. The summed E-state index contributed by atoms with van der Waals surface area (Å²) in [7, 11) is 3.70. The third-order valence-corrected chi connectivity index (χ3v) is 6.23. The van der Waals surface area contributed by atoms with E-state index in [1.165, 1.54) is 19.3 Å². The van der Waals surface area contributed by atoms with Crippen molar-refractivity contribution < 1.29 is 37.9 Å². The number of carbonyl (C=O) groups excluding carboxylic acids is 1. The molecule has 0 heterocycles. The molecule has 0 aromatic heterocycles. The summed E-state index contributed by atoms with van der Waals surface area (Å²) in [5.74, 6) is 2.50. The van der Waals surface area contributed by atoms with Crippen molar-refractivity contribution in [1.82, 2.24) is 0 Å². The molecule has 4 nitrogen and oxygen atoms in total. The van der Waals surface area contributed by atoms with E-state index in [0.717, 1.165) is 29.6 Å². The maximum atomic E-state index is 13.0. The molecular weight excluding hydrogens is 390 g/mol. The summed E-state index contributed by atoms with van der Waals surface area (Å²) >= 11 is 0. The Balaban J connectivity index is 0.00000450. The number of rotatable bonds is 12. The fourth-order valence-corrected chi connectivity index (χ4v) is 4.12. The Morgan fingerprint density at radius 3 is 2.27 bits per heavy atom. The van der Waals surface area contributed by atoms with Crippen LogP contribution in [0, 0.1) is 12.8 Å². The minimum absolute atomic E-state index is 0. The van der Waals surface area contributed by atoms with E-state index in [9.17, 15) is 4.79 Å². The van der Waals surface area contributed by atoms with Gasteiger partial charge in [0.15, 0.2) is 0 Å². The first-order chi connectivity index (χ1) is 14.0. The summed E-state index contributed by atoms with van der Waals surface area (Å²) in [6, 6.07) is 11.3. The molecule has 0 N–H and O–H groups in total. The molecule has 1 unspecified atom stereocenters. The van der Waals surface area contributed by atoms with Crippen LogP contribution in [0.15, 0.2) is 36.4 Å². The largest absolute Gasteiger partial charge is 1.00 e. The molecule has 0 fully saturated rings. The van der Waals surface area contributed by atoms with Crippen LogP contribution in [-0.2, 0) is 0 Å². The molecule has 0 bridgehead atoms. The Bertz CT molecular complexity index is 788. The number of unbranched alkanes of at least 4 members (excludes halogenated alkanes) is 1. The van der Waals surface area contributed by atoms with Gasteiger partial charge in [0.2, 0.25) is 0 Å². The van der Waals surface area contributed by atoms with E-state index in [-0.39, 0.29) is 24.4 Å².